The average molecular weight is 335 g/mol. The third kappa shape index (κ3) is 4.06. The number of carbonyl (C=O) groups is 2. The second-order valence-corrected chi connectivity index (χ2v) is 7.41. The highest BCUT2D eigenvalue weighted by Gasteiger charge is 2.52. The van der Waals surface area contributed by atoms with Gasteiger partial charge in [-0.2, -0.15) is 0 Å². The first-order valence-corrected chi connectivity index (χ1v) is 7.98. The minimum absolute atomic E-state index is 0.192. The number of benzene rings is 1. The van der Waals surface area contributed by atoms with Gasteiger partial charge in [-0.1, -0.05) is 30.3 Å². The number of nitrogens with zero attached hydrogens (tertiary/aromatic N) is 1. The highest BCUT2D eigenvalue weighted by atomic mass is 16.6. The summed E-state index contributed by atoms with van der Waals surface area (Å²) in [6.45, 7) is 8.87. The molecule has 0 bridgehead atoms. The van der Waals surface area contributed by atoms with Gasteiger partial charge in [-0.15, -0.1) is 0 Å². The van der Waals surface area contributed by atoms with E-state index in [9.17, 15) is 14.7 Å². The molecule has 0 aromatic heterocycles. The smallest absolute Gasteiger partial charge is 0.413 e. The summed E-state index contributed by atoms with van der Waals surface area (Å²) >= 11 is 0. The molecule has 1 saturated heterocycles. The number of carboxylic acid groups (broad SMARTS) is 1. The normalized spacial score (nSPS) is 23.1. The Morgan fingerprint density at radius 3 is 2.33 bits per heavy atom. The van der Waals surface area contributed by atoms with Crippen molar-refractivity contribution in [3.05, 3.63) is 35.9 Å². The van der Waals surface area contributed by atoms with Crippen LogP contribution in [0.3, 0.4) is 0 Å². The first kappa shape index (κ1) is 18.3. The lowest BCUT2D eigenvalue weighted by Crippen LogP contribution is -2.47. The minimum atomic E-state index is -0.970. The van der Waals surface area contributed by atoms with Crippen LogP contribution >= 0.6 is 0 Å². The van der Waals surface area contributed by atoms with Crippen molar-refractivity contribution >= 4 is 12.1 Å². The van der Waals surface area contributed by atoms with Crippen molar-refractivity contribution in [2.24, 2.45) is 0 Å². The molecule has 1 heterocycles. The maximum absolute atomic E-state index is 12.8. The molecule has 1 aromatic carbocycles. The molecule has 6 heteroatoms. The lowest BCUT2D eigenvalue weighted by molar-refractivity contribution is -0.141. The number of aliphatic carboxylic acids is 1. The van der Waals surface area contributed by atoms with Crippen LogP contribution in [0.15, 0.2) is 30.3 Å². The molecule has 1 aliphatic rings. The summed E-state index contributed by atoms with van der Waals surface area (Å²) in [5.74, 6) is -0.970. The van der Waals surface area contributed by atoms with Crippen LogP contribution in [0.4, 0.5) is 4.79 Å². The molecule has 2 rings (SSSR count). The van der Waals surface area contributed by atoms with Crippen LogP contribution < -0.4 is 0 Å². The molecule has 24 heavy (non-hydrogen) atoms. The third-order valence-electron chi connectivity index (χ3n) is 3.76. The molecule has 1 amide bonds. The van der Waals surface area contributed by atoms with Gasteiger partial charge in [0, 0.05) is 0 Å². The van der Waals surface area contributed by atoms with Gasteiger partial charge in [0.05, 0.1) is 18.6 Å². The molecule has 1 aliphatic heterocycles. The van der Waals surface area contributed by atoms with E-state index in [0.29, 0.717) is 0 Å². The lowest BCUT2D eigenvalue weighted by atomic mass is 9.98. The molecule has 132 valence electrons. The molecule has 0 unspecified atom stereocenters. The topological polar surface area (TPSA) is 76.1 Å². The Kier molecular flexibility index (Phi) is 4.90. The van der Waals surface area contributed by atoms with Crippen molar-refractivity contribution in [3.63, 3.8) is 0 Å². The molecule has 1 fully saturated rings. The van der Waals surface area contributed by atoms with Crippen LogP contribution in [0.1, 0.15) is 52.6 Å². The maximum Gasteiger partial charge on any atom is 0.413 e. The fourth-order valence-corrected chi connectivity index (χ4v) is 2.98. The van der Waals surface area contributed by atoms with Gasteiger partial charge in [-0.05, 0) is 40.2 Å². The van der Waals surface area contributed by atoms with Crippen LogP contribution in [0.2, 0.25) is 0 Å². The van der Waals surface area contributed by atoms with Gasteiger partial charge < -0.3 is 14.6 Å². The number of carboxylic acids is 1. The largest absolute Gasteiger partial charge is 0.481 e. The first-order valence-electron chi connectivity index (χ1n) is 7.98. The summed E-state index contributed by atoms with van der Waals surface area (Å²) in [6, 6.07) is 8.78. The van der Waals surface area contributed by atoms with Crippen molar-refractivity contribution in [3.8, 4) is 0 Å². The summed E-state index contributed by atoms with van der Waals surface area (Å²) in [5, 5.41) is 9.21. The van der Waals surface area contributed by atoms with Crippen molar-refractivity contribution in [1.82, 2.24) is 4.90 Å². The Balaban J connectivity index is 2.43. The van der Waals surface area contributed by atoms with E-state index in [1.54, 1.807) is 34.6 Å². The molecule has 0 spiro atoms. The Bertz CT molecular complexity index is 606. The van der Waals surface area contributed by atoms with E-state index in [1.165, 1.54) is 4.90 Å². The van der Waals surface area contributed by atoms with Crippen molar-refractivity contribution in [2.75, 3.05) is 0 Å². The summed E-state index contributed by atoms with van der Waals surface area (Å²) in [5.41, 5.74) is -0.803. The van der Waals surface area contributed by atoms with E-state index < -0.39 is 35.5 Å². The number of hydrogen-bond acceptors (Lipinski definition) is 4. The summed E-state index contributed by atoms with van der Waals surface area (Å²) < 4.78 is 11.4. The first-order chi connectivity index (χ1) is 11.0. The quantitative estimate of drug-likeness (QED) is 0.914. The number of amides is 1. The minimum Gasteiger partial charge on any atom is -0.481 e. The molecule has 1 aromatic rings. The second kappa shape index (κ2) is 6.43. The van der Waals surface area contributed by atoms with E-state index in [0.717, 1.165) is 5.56 Å². The van der Waals surface area contributed by atoms with Crippen molar-refractivity contribution in [1.29, 1.82) is 0 Å². The van der Waals surface area contributed by atoms with Gasteiger partial charge in [0.25, 0.3) is 0 Å². The summed E-state index contributed by atoms with van der Waals surface area (Å²) in [7, 11) is 0. The van der Waals surface area contributed by atoms with E-state index >= 15 is 0 Å². The molecule has 0 saturated carbocycles. The zero-order valence-corrected chi connectivity index (χ0v) is 14.8. The Morgan fingerprint density at radius 2 is 1.83 bits per heavy atom. The fraction of sp³-hybridized carbons (Fsp3) is 0.556. The summed E-state index contributed by atoms with van der Waals surface area (Å²) in [4.78, 5) is 25.5. The van der Waals surface area contributed by atoms with Crippen LogP contribution in [0.5, 0.6) is 0 Å². The van der Waals surface area contributed by atoms with Gasteiger partial charge >= 0.3 is 12.1 Å². The van der Waals surface area contributed by atoms with Crippen LogP contribution in [0, 0.1) is 0 Å². The molecule has 0 radical (unpaired) electrons. The standard InChI is InChI=1S/C18H25NO5/c1-17(2,3)24-16(22)19-15(12-9-7-6-8-10-12)13(11-14(20)21)23-18(19,4)5/h6-10,13,15H,11H2,1-5H3,(H,20,21)/t13-,15+/m1/s1. The molecule has 1 N–H and O–H groups in total. The highest BCUT2D eigenvalue weighted by molar-refractivity contribution is 5.71. The van der Waals surface area contributed by atoms with E-state index in [1.807, 2.05) is 30.3 Å². The maximum atomic E-state index is 12.8. The van der Waals surface area contributed by atoms with Gasteiger partial charge in [-0.3, -0.25) is 9.69 Å². The molecule has 2 atom stereocenters. The van der Waals surface area contributed by atoms with Gasteiger partial charge in [-0.25, -0.2) is 4.79 Å². The molecule has 0 aliphatic carbocycles. The molecule has 6 nitrogen and oxygen atoms in total. The van der Waals surface area contributed by atoms with Gasteiger partial charge in [0.1, 0.15) is 11.3 Å². The number of rotatable bonds is 3. The SMILES string of the molecule is CC(C)(C)OC(=O)N1[C@@H](c2ccccc2)[C@@H](CC(=O)O)OC1(C)C. The van der Waals surface area contributed by atoms with Crippen LogP contribution in [-0.2, 0) is 14.3 Å². The Morgan fingerprint density at radius 1 is 1.25 bits per heavy atom. The van der Waals surface area contributed by atoms with E-state index in [2.05, 4.69) is 0 Å². The zero-order valence-electron chi connectivity index (χ0n) is 14.8. The van der Waals surface area contributed by atoms with E-state index in [-0.39, 0.29) is 6.42 Å². The predicted molar refractivity (Wildman–Crippen MR) is 88.5 cm³/mol. The van der Waals surface area contributed by atoms with Crippen molar-refractivity contribution in [2.45, 2.75) is 64.5 Å². The number of carbonyl (C=O) groups excluding carboxylic acids is 1. The molecular weight excluding hydrogens is 310 g/mol. The van der Waals surface area contributed by atoms with Crippen LogP contribution in [-0.4, -0.2) is 39.5 Å². The summed E-state index contributed by atoms with van der Waals surface area (Å²) in [6.07, 6.45) is -1.36. The molecular formula is C18H25NO5. The fourth-order valence-electron chi connectivity index (χ4n) is 2.98. The monoisotopic (exact) mass is 335 g/mol. The Hall–Kier alpha value is -2.08. The number of ether oxygens (including phenoxy) is 2. The zero-order chi connectivity index (χ0) is 18.1. The van der Waals surface area contributed by atoms with Gasteiger partial charge in [0.15, 0.2) is 0 Å². The number of hydrogen-bond donors (Lipinski definition) is 1. The predicted octanol–water partition coefficient (Wildman–Crippen LogP) is 3.57. The Labute approximate surface area is 142 Å². The third-order valence-corrected chi connectivity index (χ3v) is 3.76. The average Bonchev–Trinajstić information content (AvgIpc) is 2.67. The van der Waals surface area contributed by atoms with Gasteiger partial charge in [0.2, 0.25) is 0 Å². The van der Waals surface area contributed by atoms with Crippen molar-refractivity contribution < 1.29 is 24.2 Å². The van der Waals surface area contributed by atoms with E-state index in [4.69, 9.17) is 9.47 Å². The van der Waals surface area contributed by atoms with Crippen LogP contribution in [0.25, 0.3) is 0 Å². The lowest BCUT2D eigenvalue weighted by Gasteiger charge is -2.35. The second-order valence-electron chi connectivity index (χ2n) is 7.41. The highest BCUT2D eigenvalue weighted by Crippen LogP contribution is 2.43.